The van der Waals surface area contributed by atoms with Crippen molar-refractivity contribution in [3.8, 4) is 5.75 Å². The molecule has 2 N–H and O–H groups in total. The Labute approximate surface area is 189 Å². The number of nitrogens with zero attached hydrogens (tertiary/aromatic N) is 1. The molecule has 1 aliphatic heterocycles. The van der Waals surface area contributed by atoms with Crippen molar-refractivity contribution in [2.24, 2.45) is 4.99 Å². The molecule has 0 saturated heterocycles. The van der Waals surface area contributed by atoms with Gasteiger partial charge in [0.15, 0.2) is 0 Å². The molecule has 0 aromatic heterocycles. The highest BCUT2D eigenvalue weighted by molar-refractivity contribution is 9.10. The smallest absolute Gasteiger partial charge is 0.137 e. The van der Waals surface area contributed by atoms with Gasteiger partial charge in [0.05, 0.1) is 4.47 Å². The summed E-state index contributed by atoms with van der Waals surface area (Å²) in [7, 11) is 0. The maximum absolute atomic E-state index is 13.7. The van der Waals surface area contributed by atoms with Crippen molar-refractivity contribution in [2.75, 3.05) is 0 Å². The van der Waals surface area contributed by atoms with Crippen LogP contribution >= 0.6 is 43.5 Å². The molecule has 0 aliphatic carbocycles. The van der Waals surface area contributed by atoms with E-state index in [2.05, 4.69) is 37.2 Å². The SMILES string of the molecule is Oc1ccc(Cl)cc1[C@@H]1CC(c2cccc(Br)c2)=N[C@H](c2ccc(F)c(Br)c2)N1. The van der Waals surface area contributed by atoms with Crippen LogP contribution in [0.4, 0.5) is 4.39 Å². The molecule has 7 heteroatoms. The van der Waals surface area contributed by atoms with Gasteiger partial charge in [0, 0.05) is 33.2 Å². The molecule has 3 aromatic carbocycles. The molecule has 29 heavy (non-hydrogen) atoms. The Morgan fingerprint density at radius 1 is 1.07 bits per heavy atom. The molecule has 0 spiro atoms. The summed E-state index contributed by atoms with van der Waals surface area (Å²) in [5, 5.41) is 14.4. The number of hydrogen-bond donors (Lipinski definition) is 2. The van der Waals surface area contributed by atoms with E-state index in [1.165, 1.54) is 6.07 Å². The Hall–Kier alpha value is -1.73. The lowest BCUT2D eigenvalue weighted by Crippen LogP contribution is -2.33. The van der Waals surface area contributed by atoms with Crippen LogP contribution in [0.3, 0.4) is 0 Å². The number of phenols is 1. The van der Waals surface area contributed by atoms with Crippen molar-refractivity contribution >= 4 is 49.2 Å². The zero-order valence-corrected chi connectivity index (χ0v) is 19.0. The second kappa shape index (κ2) is 8.56. The van der Waals surface area contributed by atoms with Crippen LogP contribution in [0.1, 0.15) is 35.3 Å². The first-order valence-electron chi connectivity index (χ1n) is 8.93. The molecule has 0 fully saturated rings. The number of aliphatic imine (C=N–C) groups is 1. The molecule has 3 aromatic rings. The van der Waals surface area contributed by atoms with Gasteiger partial charge >= 0.3 is 0 Å². The van der Waals surface area contributed by atoms with E-state index in [-0.39, 0.29) is 17.6 Å². The topological polar surface area (TPSA) is 44.6 Å². The van der Waals surface area contributed by atoms with Gasteiger partial charge in [-0.05, 0) is 69.5 Å². The molecular formula is C22H16Br2ClFN2O. The fraction of sp³-hybridized carbons (Fsp3) is 0.136. The zero-order valence-electron chi connectivity index (χ0n) is 15.0. The lowest BCUT2D eigenvalue weighted by Gasteiger charge is -2.31. The number of aromatic hydroxyl groups is 1. The summed E-state index contributed by atoms with van der Waals surface area (Å²) < 4.78 is 15.1. The van der Waals surface area contributed by atoms with Crippen LogP contribution in [0.5, 0.6) is 5.75 Å². The first-order valence-corrected chi connectivity index (χ1v) is 10.9. The standard InChI is InChI=1S/C22H16Br2ClFN2O/c23-14-3-1-2-12(8-14)19-11-20(16-10-15(25)5-7-21(16)29)28-22(27-19)13-4-6-18(26)17(24)9-13/h1-10,20,22,28-29H,11H2/t20-,22-/m0/s1. The number of hydrogen-bond acceptors (Lipinski definition) is 3. The summed E-state index contributed by atoms with van der Waals surface area (Å²) >= 11 is 12.9. The molecule has 148 valence electrons. The van der Waals surface area contributed by atoms with Gasteiger partial charge < -0.3 is 5.11 Å². The molecule has 3 nitrogen and oxygen atoms in total. The minimum Gasteiger partial charge on any atom is -0.508 e. The van der Waals surface area contributed by atoms with E-state index in [4.69, 9.17) is 16.6 Å². The van der Waals surface area contributed by atoms with Gasteiger partial charge in [-0.2, -0.15) is 0 Å². The van der Waals surface area contributed by atoms with Crippen LogP contribution in [0.25, 0.3) is 0 Å². The second-order valence-electron chi connectivity index (χ2n) is 6.79. The lowest BCUT2D eigenvalue weighted by molar-refractivity contribution is 0.412. The minimum absolute atomic E-state index is 0.168. The maximum atomic E-state index is 13.7. The van der Waals surface area contributed by atoms with E-state index in [1.807, 2.05) is 24.3 Å². The van der Waals surface area contributed by atoms with Crippen LogP contribution in [0, 0.1) is 5.82 Å². The van der Waals surface area contributed by atoms with Gasteiger partial charge in [-0.25, -0.2) is 4.39 Å². The zero-order chi connectivity index (χ0) is 20.5. The number of benzene rings is 3. The van der Waals surface area contributed by atoms with E-state index in [9.17, 15) is 9.50 Å². The fourth-order valence-electron chi connectivity index (χ4n) is 3.41. The molecule has 0 saturated carbocycles. The van der Waals surface area contributed by atoms with Crippen LogP contribution in [-0.2, 0) is 0 Å². The third-order valence-corrected chi connectivity index (χ3v) is 6.16. The average Bonchev–Trinajstić information content (AvgIpc) is 2.71. The van der Waals surface area contributed by atoms with Gasteiger partial charge in [-0.3, -0.25) is 10.3 Å². The highest BCUT2D eigenvalue weighted by Crippen LogP contribution is 2.36. The first kappa shape index (κ1) is 20.5. The number of halogens is 4. The highest BCUT2D eigenvalue weighted by Gasteiger charge is 2.28. The Morgan fingerprint density at radius 2 is 1.90 bits per heavy atom. The average molecular weight is 539 g/mol. The molecule has 1 aliphatic rings. The summed E-state index contributed by atoms with van der Waals surface area (Å²) in [5.41, 5.74) is 3.39. The summed E-state index contributed by atoms with van der Waals surface area (Å²) in [6, 6.07) is 17.6. The Kier molecular flexibility index (Phi) is 6.06. The monoisotopic (exact) mass is 536 g/mol. The molecule has 1 heterocycles. The summed E-state index contributed by atoms with van der Waals surface area (Å²) in [6.07, 6.45) is 0.168. The van der Waals surface area contributed by atoms with E-state index in [1.54, 1.807) is 30.3 Å². The van der Waals surface area contributed by atoms with E-state index in [0.717, 1.165) is 21.3 Å². The minimum atomic E-state index is -0.405. The van der Waals surface area contributed by atoms with E-state index < -0.39 is 6.17 Å². The first-order chi connectivity index (χ1) is 13.9. The summed E-state index contributed by atoms with van der Waals surface area (Å²) in [5.74, 6) is -0.161. The third kappa shape index (κ3) is 4.56. The largest absolute Gasteiger partial charge is 0.508 e. The predicted molar refractivity (Wildman–Crippen MR) is 121 cm³/mol. The van der Waals surface area contributed by atoms with Crippen molar-refractivity contribution in [3.63, 3.8) is 0 Å². The molecule has 0 unspecified atom stereocenters. The predicted octanol–water partition coefficient (Wildman–Crippen LogP) is 6.93. The Morgan fingerprint density at radius 3 is 2.66 bits per heavy atom. The maximum Gasteiger partial charge on any atom is 0.137 e. The van der Waals surface area contributed by atoms with Crippen LogP contribution in [0.15, 0.2) is 74.6 Å². The normalized spacial score (nSPS) is 19.1. The molecule has 0 radical (unpaired) electrons. The van der Waals surface area contributed by atoms with Crippen molar-refractivity contribution < 1.29 is 9.50 Å². The Bertz CT molecular complexity index is 1110. The van der Waals surface area contributed by atoms with Gasteiger partial charge in [-0.15, -0.1) is 0 Å². The molecular weight excluding hydrogens is 523 g/mol. The number of phenolic OH excluding ortho intramolecular Hbond substituents is 1. The molecule has 0 amide bonds. The van der Waals surface area contributed by atoms with Crippen LogP contribution in [0.2, 0.25) is 5.02 Å². The van der Waals surface area contributed by atoms with Gasteiger partial charge in [0.1, 0.15) is 17.7 Å². The summed E-state index contributed by atoms with van der Waals surface area (Å²) in [4.78, 5) is 4.89. The fourth-order valence-corrected chi connectivity index (χ4v) is 4.38. The van der Waals surface area contributed by atoms with Gasteiger partial charge in [0.25, 0.3) is 0 Å². The Balaban J connectivity index is 1.79. The van der Waals surface area contributed by atoms with Crippen molar-refractivity contribution in [1.29, 1.82) is 0 Å². The molecule has 2 atom stereocenters. The molecule has 4 rings (SSSR count). The number of nitrogens with one attached hydrogen (secondary N) is 1. The van der Waals surface area contributed by atoms with Crippen LogP contribution < -0.4 is 5.32 Å². The van der Waals surface area contributed by atoms with Gasteiger partial charge in [0.2, 0.25) is 0 Å². The van der Waals surface area contributed by atoms with Crippen LogP contribution in [-0.4, -0.2) is 10.8 Å². The van der Waals surface area contributed by atoms with E-state index >= 15 is 0 Å². The third-order valence-electron chi connectivity index (χ3n) is 4.82. The number of rotatable bonds is 3. The second-order valence-corrected chi connectivity index (χ2v) is 9.00. The quantitative estimate of drug-likeness (QED) is 0.380. The van der Waals surface area contributed by atoms with Crippen molar-refractivity contribution in [2.45, 2.75) is 18.6 Å². The lowest BCUT2D eigenvalue weighted by atomic mass is 9.93. The van der Waals surface area contributed by atoms with Crippen molar-refractivity contribution in [1.82, 2.24) is 5.32 Å². The highest BCUT2D eigenvalue weighted by atomic mass is 79.9. The van der Waals surface area contributed by atoms with Gasteiger partial charge in [-0.1, -0.05) is 45.7 Å². The molecule has 0 bridgehead atoms. The van der Waals surface area contributed by atoms with E-state index in [0.29, 0.717) is 21.5 Å². The summed E-state index contributed by atoms with van der Waals surface area (Å²) in [6.45, 7) is 0. The van der Waals surface area contributed by atoms with Crippen molar-refractivity contribution in [3.05, 3.63) is 97.1 Å².